The number of rotatable bonds is 7. The van der Waals surface area contributed by atoms with E-state index in [0.717, 1.165) is 36.5 Å². The lowest BCUT2D eigenvalue weighted by molar-refractivity contribution is 0.0431. The van der Waals surface area contributed by atoms with Gasteiger partial charge in [-0.2, -0.15) is 0 Å². The third kappa shape index (κ3) is 4.19. The Morgan fingerprint density at radius 2 is 1.86 bits per heavy atom. The van der Waals surface area contributed by atoms with Gasteiger partial charge in [0.05, 0.1) is 6.10 Å². The van der Waals surface area contributed by atoms with Crippen molar-refractivity contribution in [2.75, 3.05) is 0 Å². The van der Waals surface area contributed by atoms with Crippen LogP contribution < -0.4 is 5.73 Å². The number of fused-ring (bicyclic) bond motifs is 1. The van der Waals surface area contributed by atoms with Gasteiger partial charge in [0.1, 0.15) is 0 Å². The molecule has 3 N–H and O–H groups in total. The second-order valence-electron chi connectivity index (χ2n) is 11.9. The van der Waals surface area contributed by atoms with Gasteiger partial charge in [-0.1, -0.05) is 73.6 Å². The molecule has 0 bridgehead atoms. The molecule has 3 aliphatic rings. The zero-order valence-electron chi connectivity index (χ0n) is 20.4. The van der Waals surface area contributed by atoms with Gasteiger partial charge in [0.2, 0.25) is 0 Å². The first-order valence-corrected chi connectivity index (χ1v) is 13.2. The van der Waals surface area contributed by atoms with Crippen molar-refractivity contribution in [3.05, 3.63) is 0 Å². The quantitative estimate of drug-likeness (QED) is 0.489. The van der Waals surface area contributed by atoms with Gasteiger partial charge in [-0.05, 0) is 84.9 Å². The van der Waals surface area contributed by atoms with Crippen LogP contribution in [0.3, 0.4) is 0 Å². The third-order valence-corrected chi connectivity index (χ3v) is 10.8. The molecule has 10 atom stereocenters. The van der Waals surface area contributed by atoms with Gasteiger partial charge in [0.25, 0.3) is 0 Å². The van der Waals surface area contributed by atoms with E-state index in [1.165, 1.54) is 57.8 Å². The molecule has 3 fully saturated rings. The second kappa shape index (κ2) is 9.19. The minimum Gasteiger partial charge on any atom is -0.393 e. The predicted molar refractivity (Wildman–Crippen MR) is 125 cm³/mol. The van der Waals surface area contributed by atoms with Crippen LogP contribution in [0.5, 0.6) is 0 Å². The second-order valence-corrected chi connectivity index (χ2v) is 11.9. The molecule has 0 aromatic rings. The van der Waals surface area contributed by atoms with E-state index in [0.29, 0.717) is 28.7 Å². The first kappa shape index (κ1) is 23.6. The Morgan fingerprint density at radius 1 is 1.14 bits per heavy atom. The Hall–Kier alpha value is -0.0800. The lowest BCUT2D eigenvalue weighted by atomic mass is 9.59. The van der Waals surface area contributed by atoms with E-state index >= 15 is 0 Å². The predicted octanol–water partition coefficient (Wildman–Crippen LogP) is 6.80. The molecule has 0 heterocycles. The van der Waals surface area contributed by atoms with Gasteiger partial charge in [0, 0.05) is 6.04 Å². The maximum atomic E-state index is 10.4. The summed E-state index contributed by atoms with van der Waals surface area (Å²) in [7, 11) is 0. The SMILES string of the molecule is CCCC(O)C(C)CCC1(C)C(C)C12CCCCC1CC(CC)C(C)C(N)C1C2. The van der Waals surface area contributed by atoms with E-state index < -0.39 is 0 Å². The molecule has 10 unspecified atom stereocenters. The standard InChI is InChI=1S/C27H51NO/c1-7-11-24(29)18(3)13-15-26(6)20(5)27(26)14-10-9-12-22-16-21(8-2)19(4)25(28)23(22)17-27/h18-25,29H,7-17,28H2,1-6H3. The summed E-state index contributed by atoms with van der Waals surface area (Å²) in [6.45, 7) is 14.4. The van der Waals surface area contributed by atoms with Gasteiger partial charge in [-0.15, -0.1) is 0 Å². The van der Waals surface area contributed by atoms with E-state index in [1.807, 2.05) is 0 Å². The molecule has 3 aliphatic carbocycles. The van der Waals surface area contributed by atoms with Crippen LogP contribution in [0.15, 0.2) is 0 Å². The molecule has 2 nitrogen and oxygen atoms in total. The van der Waals surface area contributed by atoms with Crippen molar-refractivity contribution >= 4 is 0 Å². The molecule has 0 radical (unpaired) electrons. The molecule has 0 aromatic heterocycles. The van der Waals surface area contributed by atoms with Gasteiger partial charge < -0.3 is 10.8 Å². The van der Waals surface area contributed by atoms with Crippen LogP contribution >= 0.6 is 0 Å². The molecule has 170 valence electrons. The molecular weight excluding hydrogens is 354 g/mol. The largest absolute Gasteiger partial charge is 0.393 e. The van der Waals surface area contributed by atoms with E-state index in [2.05, 4.69) is 41.5 Å². The maximum absolute atomic E-state index is 10.4. The zero-order chi connectivity index (χ0) is 21.4. The fourth-order valence-electron chi connectivity index (χ4n) is 8.12. The van der Waals surface area contributed by atoms with Crippen molar-refractivity contribution in [1.29, 1.82) is 0 Å². The molecule has 0 aliphatic heterocycles. The van der Waals surface area contributed by atoms with Gasteiger partial charge in [-0.25, -0.2) is 0 Å². The molecule has 1 spiro atoms. The highest BCUT2D eigenvalue weighted by molar-refractivity contribution is 5.19. The summed E-state index contributed by atoms with van der Waals surface area (Å²) in [6.07, 6.45) is 14.2. The number of hydrogen-bond acceptors (Lipinski definition) is 2. The normalized spacial score (nSPS) is 47.2. The van der Waals surface area contributed by atoms with Crippen molar-refractivity contribution in [3.63, 3.8) is 0 Å². The summed E-state index contributed by atoms with van der Waals surface area (Å²) in [5, 5.41) is 10.4. The monoisotopic (exact) mass is 405 g/mol. The van der Waals surface area contributed by atoms with Crippen molar-refractivity contribution in [2.24, 2.45) is 52.1 Å². The fourth-order valence-corrected chi connectivity index (χ4v) is 8.12. The summed E-state index contributed by atoms with van der Waals surface area (Å²) < 4.78 is 0. The summed E-state index contributed by atoms with van der Waals surface area (Å²) >= 11 is 0. The summed E-state index contributed by atoms with van der Waals surface area (Å²) in [4.78, 5) is 0. The van der Waals surface area contributed by atoms with Crippen molar-refractivity contribution in [3.8, 4) is 0 Å². The van der Waals surface area contributed by atoms with Gasteiger partial charge >= 0.3 is 0 Å². The van der Waals surface area contributed by atoms with E-state index in [1.54, 1.807) is 0 Å². The summed E-state index contributed by atoms with van der Waals surface area (Å²) in [6, 6.07) is 0.399. The zero-order valence-corrected chi connectivity index (χ0v) is 20.4. The van der Waals surface area contributed by atoms with Crippen molar-refractivity contribution < 1.29 is 5.11 Å². The van der Waals surface area contributed by atoms with Crippen LogP contribution in [0, 0.1) is 46.3 Å². The van der Waals surface area contributed by atoms with Crippen LogP contribution in [0.4, 0.5) is 0 Å². The molecule has 3 rings (SSSR count). The Kier molecular flexibility index (Phi) is 7.47. The summed E-state index contributed by atoms with van der Waals surface area (Å²) in [5.41, 5.74) is 7.94. The summed E-state index contributed by atoms with van der Waals surface area (Å²) in [5.74, 6) is 4.37. The van der Waals surface area contributed by atoms with E-state index in [-0.39, 0.29) is 6.10 Å². The minimum absolute atomic E-state index is 0.117. The number of hydrogen-bond donors (Lipinski definition) is 2. The third-order valence-electron chi connectivity index (χ3n) is 10.8. The molecule has 0 saturated heterocycles. The first-order chi connectivity index (χ1) is 13.7. The highest BCUT2D eigenvalue weighted by Gasteiger charge is 2.70. The lowest BCUT2D eigenvalue weighted by Crippen LogP contribution is -2.49. The average Bonchev–Trinajstić information content (AvgIpc) is 3.14. The van der Waals surface area contributed by atoms with Crippen LogP contribution in [-0.4, -0.2) is 17.3 Å². The van der Waals surface area contributed by atoms with Crippen molar-refractivity contribution in [2.45, 2.75) is 124 Å². The van der Waals surface area contributed by atoms with E-state index in [4.69, 9.17) is 5.73 Å². The van der Waals surface area contributed by atoms with E-state index in [9.17, 15) is 5.11 Å². The van der Waals surface area contributed by atoms with Crippen LogP contribution in [0.2, 0.25) is 0 Å². The maximum Gasteiger partial charge on any atom is 0.0565 e. The molecule has 2 heteroatoms. The van der Waals surface area contributed by atoms with Gasteiger partial charge in [0.15, 0.2) is 0 Å². The topological polar surface area (TPSA) is 46.2 Å². The molecular formula is C27H51NO. The molecule has 29 heavy (non-hydrogen) atoms. The highest BCUT2D eigenvalue weighted by atomic mass is 16.3. The Labute approximate surface area is 181 Å². The van der Waals surface area contributed by atoms with Gasteiger partial charge in [-0.3, -0.25) is 0 Å². The molecule has 0 aromatic carbocycles. The van der Waals surface area contributed by atoms with Crippen LogP contribution in [0.25, 0.3) is 0 Å². The van der Waals surface area contributed by atoms with Crippen LogP contribution in [0.1, 0.15) is 112 Å². The Morgan fingerprint density at radius 3 is 2.52 bits per heavy atom. The minimum atomic E-state index is -0.117. The number of nitrogens with two attached hydrogens (primary N) is 1. The highest BCUT2D eigenvalue weighted by Crippen LogP contribution is 2.77. The molecule has 3 saturated carbocycles. The Balaban J connectivity index is 1.72. The lowest BCUT2D eigenvalue weighted by Gasteiger charge is -2.48. The first-order valence-electron chi connectivity index (χ1n) is 13.2. The number of aliphatic hydroxyl groups is 1. The Bertz CT molecular complexity index is 535. The van der Waals surface area contributed by atoms with Crippen LogP contribution in [-0.2, 0) is 0 Å². The molecule has 0 amide bonds. The fraction of sp³-hybridized carbons (Fsp3) is 1.00. The average molecular weight is 406 g/mol. The number of aliphatic hydroxyl groups excluding tert-OH is 1. The smallest absolute Gasteiger partial charge is 0.0565 e. The van der Waals surface area contributed by atoms with Crippen molar-refractivity contribution in [1.82, 2.24) is 0 Å².